The topological polar surface area (TPSA) is 55.6 Å². The van der Waals surface area contributed by atoms with Gasteiger partial charge in [-0.15, -0.1) is 0 Å². The molecule has 2 aliphatic rings. The number of nitrogens with two attached hydrogens (primary N) is 1. The van der Waals surface area contributed by atoms with Crippen LogP contribution in [0, 0.1) is 17.6 Å². The monoisotopic (exact) mass is 338 g/mol. The highest BCUT2D eigenvalue weighted by Gasteiger charge is 2.31. The third-order valence-electron chi connectivity index (χ3n) is 5.01. The van der Waals surface area contributed by atoms with Gasteiger partial charge in [-0.3, -0.25) is 4.79 Å². The van der Waals surface area contributed by atoms with Gasteiger partial charge in [-0.05, 0) is 31.4 Å². The van der Waals surface area contributed by atoms with Gasteiger partial charge in [0.05, 0.1) is 0 Å². The van der Waals surface area contributed by atoms with Gasteiger partial charge in [0.1, 0.15) is 11.9 Å². The first-order valence-corrected chi connectivity index (χ1v) is 8.69. The Morgan fingerprint density at radius 2 is 1.92 bits per heavy atom. The summed E-state index contributed by atoms with van der Waals surface area (Å²) < 4.78 is 32.2. The maximum atomic E-state index is 13.6. The lowest BCUT2D eigenvalue weighted by atomic mass is 9.85. The second-order valence-electron chi connectivity index (χ2n) is 6.84. The molecule has 3 rings (SSSR count). The molecule has 132 valence electrons. The second kappa shape index (κ2) is 7.47. The predicted octanol–water partition coefficient (Wildman–Crippen LogP) is 2.85. The third kappa shape index (κ3) is 4.04. The normalized spacial score (nSPS) is 25.5. The molecule has 2 N–H and O–H groups in total. The Morgan fingerprint density at radius 3 is 2.58 bits per heavy atom. The molecule has 2 atom stereocenters. The zero-order chi connectivity index (χ0) is 17.1. The van der Waals surface area contributed by atoms with Crippen LogP contribution in [0.1, 0.15) is 38.5 Å². The lowest BCUT2D eigenvalue weighted by Crippen LogP contribution is -2.46. The Hall–Kier alpha value is -1.69. The molecule has 1 aliphatic carbocycles. The smallest absolute Gasteiger partial charge is 0.225 e. The number of likely N-dealkylation sites (tertiary alicyclic amines) is 1. The standard InChI is InChI=1S/C18H24F2N2O2/c19-13-4-5-17(16(20)11-13)24-15-6-8-22(9-7-15)18(23)12-2-1-3-14(21)10-12/h4-5,11-12,14-15H,1-3,6-10,21H2. The number of carbonyl (C=O) groups is 1. The molecule has 1 heterocycles. The van der Waals surface area contributed by atoms with Crippen molar-refractivity contribution in [2.24, 2.45) is 11.7 Å². The van der Waals surface area contributed by atoms with Gasteiger partial charge >= 0.3 is 0 Å². The van der Waals surface area contributed by atoms with Crippen molar-refractivity contribution < 1.29 is 18.3 Å². The number of rotatable bonds is 3. The van der Waals surface area contributed by atoms with E-state index in [9.17, 15) is 13.6 Å². The Balaban J connectivity index is 1.51. The first-order valence-electron chi connectivity index (χ1n) is 8.69. The van der Waals surface area contributed by atoms with E-state index >= 15 is 0 Å². The maximum Gasteiger partial charge on any atom is 0.225 e. The van der Waals surface area contributed by atoms with Gasteiger partial charge in [0.15, 0.2) is 11.6 Å². The zero-order valence-corrected chi connectivity index (χ0v) is 13.7. The van der Waals surface area contributed by atoms with Crippen molar-refractivity contribution in [1.82, 2.24) is 4.90 Å². The molecule has 6 heteroatoms. The van der Waals surface area contributed by atoms with Gasteiger partial charge in [-0.2, -0.15) is 0 Å². The van der Waals surface area contributed by atoms with Crippen molar-refractivity contribution in [1.29, 1.82) is 0 Å². The molecule has 24 heavy (non-hydrogen) atoms. The molecule has 1 aromatic carbocycles. The summed E-state index contributed by atoms with van der Waals surface area (Å²) in [5.74, 6) is -1.01. The number of amides is 1. The molecule has 1 aromatic rings. The number of halogens is 2. The number of piperidine rings is 1. The van der Waals surface area contributed by atoms with Gasteiger partial charge in [0.25, 0.3) is 0 Å². The minimum atomic E-state index is -0.690. The molecule has 1 saturated heterocycles. The Bertz CT molecular complexity index is 588. The van der Waals surface area contributed by atoms with Crippen LogP contribution in [-0.2, 0) is 4.79 Å². The number of ether oxygens (including phenoxy) is 1. The molecule has 1 amide bonds. The number of nitrogens with zero attached hydrogens (tertiary/aromatic N) is 1. The Morgan fingerprint density at radius 1 is 1.17 bits per heavy atom. The fraction of sp³-hybridized carbons (Fsp3) is 0.611. The van der Waals surface area contributed by atoms with E-state index in [1.54, 1.807) is 0 Å². The third-order valence-corrected chi connectivity index (χ3v) is 5.01. The molecular formula is C18H24F2N2O2. The van der Waals surface area contributed by atoms with Crippen LogP contribution in [0.3, 0.4) is 0 Å². The summed E-state index contributed by atoms with van der Waals surface area (Å²) in [4.78, 5) is 14.5. The molecule has 2 unspecified atom stereocenters. The number of carbonyl (C=O) groups excluding carboxylic acids is 1. The number of hydrogen-bond acceptors (Lipinski definition) is 3. The van der Waals surface area contributed by atoms with E-state index in [2.05, 4.69) is 0 Å². The average molecular weight is 338 g/mol. The molecular weight excluding hydrogens is 314 g/mol. The Kier molecular flexibility index (Phi) is 5.33. The van der Waals surface area contributed by atoms with Gasteiger partial charge in [0, 0.05) is 44.0 Å². The second-order valence-corrected chi connectivity index (χ2v) is 6.84. The van der Waals surface area contributed by atoms with Crippen LogP contribution in [0.25, 0.3) is 0 Å². The van der Waals surface area contributed by atoms with Crippen LogP contribution in [0.5, 0.6) is 5.75 Å². The van der Waals surface area contributed by atoms with Gasteiger partial charge in [0.2, 0.25) is 5.91 Å². The van der Waals surface area contributed by atoms with Crippen LogP contribution in [0.4, 0.5) is 8.78 Å². The highest BCUT2D eigenvalue weighted by Crippen LogP contribution is 2.27. The summed E-state index contributed by atoms with van der Waals surface area (Å²) in [7, 11) is 0. The van der Waals surface area contributed by atoms with E-state index in [1.165, 1.54) is 12.1 Å². The molecule has 0 radical (unpaired) electrons. The lowest BCUT2D eigenvalue weighted by Gasteiger charge is -2.36. The van der Waals surface area contributed by atoms with Crippen molar-refractivity contribution in [2.75, 3.05) is 13.1 Å². The SMILES string of the molecule is NC1CCCC(C(=O)N2CCC(Oc3ccc(F)cc3F)CC2)C1. The van der Waals surface area contributed by atoms with E-state index in [1.807, 2.05) is 4.90 Å². The summed E-state index contributed by atoms with van der Waals surface area (Å²) in [6.45, 7) is 1.22. The van der Waals surface area contributed by atoms with E-state index in [0.717, 1.165) is 31.7 Å². The largest absolute Gasteiger partial charge is 0.487 e. The van der Waals surface area contributed by atoms with Gasteiger partial charge in [-0.25, -0.2) is 8.78 Å². The average Bonchev–Trinajstić information content (AvgIpc) is 2.57. The molecule has 0 spiro atoms. The van der Waals surface area contributed by atoms with Gasteiger partial charge in [-0.1, -0.05) is 6.42 Å². The molecule has 2 fully saturated rings. The van der Waals surface area contributed by atoms with Crippen LogP contribution < -0.4 is 10.5 Å². The van der Waals surface area contributed by atoms with Crippen molar-refractivity contribution in [3.8, 4) is 5.75 Å². The van der Waals surface area contributed by atoms with Crippen molar-refractivity contribution in [2.45, 2.75) is 50.7 Å². The van der Waals surface area contributed by atoms with Crippen LogP contribution in [-0.4, -0.2) is 36.0 Å². The Labute approximate surface area is 141 Å². The quantitative estimate of drug-likeness (QED) is 0.922. The van der Waals surface area contributed by atoms with Crippen molar-refractivity contribution in [3.63, 3.8) is 0 Å². The highest BCUT2D eigenvalue weighted by molar-refractivity contribution is 5.79. The summed E-state index contributed by atoms with van der Waals surface area (Å²) in [5.41, 5.74) is 5.97. The lowest BCUT2D eigenvalue weighted by molar-refractivity contribution is -0.138. The first kappa shape index (κ1) is 17.1. The van der Waals surface area contributed by atoms with E-state index in [4.69, 9.17) is 10.5 Å². The first-order chi connectivity index (χ1) is 11.5. The summed E-state index contributed by atoms with van der Waals surface area (Å²) in [6.07, 6.45) is 4.87. The number of benzene rings is 1. The van der Waals surface area contributed by atoms with Crippen LogP contribution in [0.15, 0.2) is 18.2 Å². The highest BCUT2D eigenvalue weighted by atomic mass is 19.1. The van der Waals surface area contributed by atoms with Crippen LogP contribution >= 0.6 is 0 Å². The molecule has 1 saturated carbocycles. The van der Waals surface area contributed by atoms with E-state index < -0.39 is 11.6 Å². The molecule has 0 aromatic heterocycles. The van der Waals surface area contributed by atoms with E-state index in [0.29, 0.717) is 25.9 Å². The van der Waals surface area contributed by atoms with E-state index in [-0.39, 0.29) is 29.7 Å². The molecule has 4 nitrogen and oxygen atoms in total. The summed E-state index contributed by atoms with van der Waals surface area (Å²) in [6, 6.07) is 3.45. The predicted molar refractivity (Wildman–Crippen MR) is 86.5 cm³/mol. The molecule has 1 aliphatic heterocycles. The van der Waals surface area contributed by atoms with Crippen molar-refractivity contribution >= 4 is 5.91 Å². The fourth-order valence-corrected chi connectivity index (χ4v) is 3.65. The summed E-state index contributed by atoms with van der Waals surface area (Å²) >= 11 is 0. The van der Waals surface area contributed by atoms with Gasteiger partial charge < -0.3 is 15.4 Å². The fourth-order valence-electron chi connectivity index (χ4n) is 3.65. The summed E-state index contributed by atoms with van der Waals surface area (Å²) in [5, 5.41) is 0. The minimum Gasteiger partial charge on any atom is -0.487 e. The van der Waals surface area contributed by atoms with Crippen LogP contribution in [0.2, 0.25) is 0 Å². The molecule has 0 bridgehead atoms. The van der Waals surface area contributed by atoms with Crippen molar-refractivity contribution in [3.05, 3.63) is 29.8 Å². The zero-order valence-electron chi connectivity index (χ0n) is 13.7. The minimum absolute atomic E-state index is 0.0424. The number of hydrogen-bond donors (Lipinski definition) is 1. The maximum absolute atomic E-state index is 13.6.